The zero-order valence-electron chi connectivity index (χ0n) is 21.5. The molecule has 0 spiro atoms. The Bertz CT molecular complexity index is 1130. The monoisotopic (exact) mass is 549 g/mol. The van der Waals surface area contributed by atoms with Gasteiger partial charge in [0.2, 0.25) is 5.91 Å². The number of carbonyl (C=O) groups is 3. The fourth-order valence-corrected chi connectivity index (χ4v) is 5.47. The maximum Gasteiger partial charge on any atom is 0.328 e. The number of rotatable bonds is 9. The minimum absolute atomic E-state index is 0.200. The number of methoxy groups -OCH3 is 1. The lowest BCUT2D eigenvalue weighted by Crippen LogP contribution is -2.56. The predicted octanol–water partition coefficient (Wildman–Crippen LogP) is 5.69. The summed E-state index contributed by atoms with van der Waals surface area (Å²) in [7, 11) is 1.27. The highest BCUT2D eigenvalue weighted by molar-refractivity contribution is 6.35. The molecule has 3 atom stereocenters. The Morgan fingerprint density at radius 1 is 1.08 bits per heavy atom. The van der Waals surface area contributed by atoms with Crippen molar-refractivity contribution < 1.29 is 29.0 Å². The van der Waals surface area contributed by atoms with E-state index in [0.29, 0.717) is 40.6 Å². The molecule has 3 rings (SSSR count). The van der Waals surface area contributed by atoms with Gasteiger partial charge in [-0.2, -0.15) is 0 Å². The minimum atomic E-state index is -1.04. The number of carboxylic acids is 1. The number of ether oxygens (including phenoxy) is 2. The SMILES string of the molecule is COC(=O)[C@H](Cc1ccc(OCc2c(Cl)cccc2Cl)cc1)NC(=O)[C@H]1CCC[C@@](C)(C(=O)O)C1(C)C. The van der Waals surface area contributed by atoms with Crippen molar-refractivity contribution in [3.8, 4) is 5.75 Å². The highest BCUT2D eigenvalue weighted by Gasteiger charge is 2.55. The molecule has 200 valence electrons. The van der Waals surface area contributed by atoms with Crippen LogP contribution in [0.3, 0.4) is 0 Å². The molecule has 1 saturated carbocycles. The van der Waals surface area contributed by atoms with Crippen LogP contribution in [0, 0.1) is 16.7 Å². The van der Waals surface area contributed by atoms with Gasteiger partial charge in [0, 0.05) is 27.9 Å². The third-order valence-electron chi connectivity index (χ3n) is 7.86. The summed E-state index contributed by atoms with van der Waals surface area (Å²) in [6.07, 6.45) is 1.88. The van der Waals surface area contributed by atoms with Gasteiger partial charge in [-0.1, -0.05) is 61.7 Å². The topological polar surface area (TPSA) is 102 Å². The number of halogens is 2. The van der Waals surface area contributed by atoms with Crippen LogP contribution in [0.4, 0.5) is 0 Å². The second-order valence-corrected chi connectivity index (χ2v) is 11.0. The molecule has 0 heterocycles. The van der Waals surface area contributed by atoms with Gasteiger partial charge in [-0.25, -0.2) is 4.79 Å². The van der Waals surface area contributed by atoms with Crippen LogP contribution in [-0.2, 0) is 32.1 Å². The summed E-state index contributed by atoms with van der Waals surface area (Å²) in [5, 5.41) is 13.7. The molecule has 2 N–H and O–H groups in total. The second-order valence-electron chi connectivity index (χ2n) is 10.2. The average molecular weight is 550 g/mol. The smallest absolute Gasteiger partial charge is 0.328 e. The Hall–Kier alpha value is -2.77. The van der Waals surface area contributed by atoms with E-state index >= 15 is 0 Å². The molecule has 2 aromatic carbocycles. The fourth-order valence-electron chi connectivity index (χ4n) is 4.96. The van der Waals surface area contributed by atoms with Crippen molar-refractivity contribution in [2.75, 3.05) is 7.11 Å². The predicted molar refractivity (Wildman–Crippen MR) is 142 cm³/mol. The molecular formula is C28H33Cl2NO6. The molecular weight excluding hydrogens is 517 g/mol. The van der Waals surface area contributed by atoms with Crippen LogP contribution in [0.15, 0.2) is 42.5 Å². The summed E-state index contributed by atoms with van der Waals surface area (Å²) >= 11 is 12.4. The number of aliphatic carboxylic acids is 1. The summed E-state index contributed by atoms with van der Waals surface area (Å²) in [6, 6.07) is 11.5. The minimum Gasteiger partial charge on any atom is -0.489 e. The Morgan fingerprint density at radius 2 is 1.70 bits per heavy atom. The largest absolute Gasteiger partial charge is 0.489 e. The molecule has 0 radical (unpaired) electrons. The third kappa shape index (κ3) is 6.21. The molecule has 0 saturated heterocycles. The molecule has 2 aromatic rings. The van der Waals surface area contributed by atoms with Gasteiger partial charge in [-0.3, -0.25) is 9.59 Å². The standard InChI is InChI=1S/C28H33Cl2NO6/c1-27(2)20(7-6-14-28(27,3)26(34)35)24(32)31-23(25(33)36-4)15-17-10-12-18(13-11-17)37-16-19-21(29)8-5-9-22(19)30/h5,8-13,20,23H,6-7,14-16H2,1-4H3,(H,31,32)(H,34,35)/t20-,23+,28+/m1/s1. The Morgan fingerprint density at radius 3 is 2.27 bits per heavy atom. The van der Waals surface area contributed by atoms with Crippen LogP contribution in [0.2, 0.25) is 10.0 Å². The van der Waals surface area contributed by atoms with Crippen molar-refractivity contribution in [2.24, 2.45) is 16.7 Å². The molecule has 0 aliphatic heterocycles. The number of hydrogen-bond acceptors (Lipinski definition) is 5. The van der Waals surface area contributed by atoms with Crippen molar-refractivity contribution in [1.29, 1.82) is 0 Å². The maximum absolute atomic E-state index is 13.3. The second kappa shape index (κ2) is 11.7. The Kier molecular flexibility index (Phi) is 9.13. The first-order chi connectivity index (χ1) is 17.4. The number of hydrogen-bond donors (Lipinski definition) is 2. The number of nitrogens with one attached hydrogen (secondary N) is 1. The summed E-state index contributed by atoms with van der Waals surface area (Å²) < 4.78 is 10.7. The molecule has 0 bridgehead atoms. The lowest BCUT2D eigenvalue weighted by Gasteiger charge is -2.49. The molecule has 37 heavy (non-hydrogen) atoms. The quantitative estimate of drug-likeness (QED) is 0.389. The Labute approximate surface area is 227 Å². The van der Waals surface area contributed by atoms with Gasteiger partial charge >= 0.3 is 11.9 Å². The highest BCUT2D eigenvalue weighted by Crippen LogP contribution is 2.53. The van der Waals surface area contributed by atoms with E-state index in [1.54, 1.807) is 49.4 Å². The van der Waals surface area contributed by atoms with Crippen molar-refractivity contribution in [3.63, 3.8) is 0 Å². The number of carbonyl (C=O) groups excluding carboxylic acids is 2. The van der Waals surface area contributed by atoms with Crippen LogP contribution in [0.5, 0.6) is 5.75 Å². The number of amides is 1. The third-order valence-corrected chi connectivity index (χ3v) is 8.57. The fraction of sp³-hybridized carbons (Fsp3) is 0.464. The number of esters is 1. The van der Waals surface area contributed by atoms with Crippen molar-refractivity contribution in [3.05, 3.63) is 63.6 Å². The average Bonchev–Trinajstić information content (AvgIpc) is 2.85. The van der Waals surface area contributed by atoms with Gasteiger partial charge in [-0.05, 0) is 55.0 Å². The van der Waals surface area contributed by atoms with Gasteiger partial charge in [-0.15, -0.1) is 0 Å². The first-order valence-corrected chi connectivity index (χ1v) is 12.9. The molecule has 9 heteroatoms. The van der Waals surface area contributed by atoms with Crippen molar-refractivity contribution >= 4 is 41.0 Å². The summed E-state index contributed by atoms with van der Waals surface area (Å²) in [5.74, 6) is -1.79. The van der Waals surface area contributed by atoms with Crippen LogP contribution in [0.1, 0.15) is 51.2 Å². The van der Waals surface area contributed by atoms with Crippen LogP contribution in [0.25, 0.3) is 0 Å². The molecule has 0 aromatic heterocycles. The number of benzene rings is 2. The first kappa shape index (κ1) is 28.8. The van der Waals surface area contributed by atoms with Crippen molar-refractivity contribution in [2.45, 2.75) is 59.1 Å². The lowest BCUT2D eigenvalue weighted by molar-refractivity contribution is -0.166. The van der Waals surface area contributed by atoms with Crippen molar-refractivity contribution in [1.82, 2.24) is 5.32 Å². The van der Waals surface area contributed by atoms with E-state index in [-0.39, 0.29) is 18.9 Å². The van der Waals surface area contributed by atoms with Gasteiger partial charge in [0.25, 0.3) is 0 Å². The van der Waals surface area contributed by atoms with E-state index < -0.39 is 34.7 Å². The molecule has 1 aliphatic carbocycles. The number of carboxylic acid groups (broad SMARTS) is 1. The summed E-state index contributed by atoms with van der Waals surface area (Å²) in [5.41, 5.74) is -0.367. The van der Waals surface area contributed by atoms with Crippen LogP contribution < -0.4 is 10.1 Å². The Balaban J connectivity index is 1.69. The lowest BCUT2D eigenvalue weighted by atomic mass is 9.53. The highest BCUT2D eigenvalue weighted by atomic mass is 35.5. The zero-order valence-corrected chi connectivity index (χ0v) is 23.0. The van der Waals surface area contributed by atoms with Gasteiger partial charge < -0.3 is 19.9 Å². The summed E-state index contributed by atoms with van der Waals surface area (Å²) in [4.78, 5) is 37.9. The van der Waals surface area contributed by atoms with Gasteiger partial charge in [0.15, 0.2) is 0 Å². The zero-order chi connectivity index (χ0) is 27.4. The molecule has 7 nitrogen and oxygen atoms in total. The normalized spacial score (nSPS) is 21.5. The molecule has 1 aliphatic rings. The first-order valence-electron chi connectivity index (χ1n) is 12.2. The maximum atomic E-state index is 13.3. The van der Waals surface area contributed by atoms with E-state index in [1.165, 1.54) is 7.11 Å². The van der Waals surface area contributed by atoms with Crippen LogP contribution >= 0.6 is 23.2 Å². The van der Waals surface area contributed by atoms with E-state index in [9.17, 15) is 19.5 Å². The van der Waals surface area contributed by atoms with Gasteiger partial charge in [0.05, 0.1) is 12.5 Å². The van der Waals surface area contributed by atoms with Gasteiger partial charge in [0.1, 0.15) is 18.4 Å². The molecule has 0 unspecified atom stereocenters. The van der Waals surface area contributed by atoms with E-state index in [1.807, 2.05) is 13.8 Å². The summed E-state index contributed by atoms with van der Waals surface area (Å²) in [6.45, 7) is 5.51. The van der Waals surface area contributed by atoms with E-state index in [0.717, 1.165) is 5.56 Å². The van der Waals surface area contributed by atoms with E-state index in [2.05, 4.69) is 5.32 Å². The van der Waals surface area contributed by atoms with E-state index in [4.69, 9.17) is 32.7 Å². The molecule has 1 fully saturated rings. The molecule has 1 amide bonds. The van der Waals surface area contributed by atoms with Crippen LogP contribution in [-0.4, -0.2) is 36.1 Å².